The van der Waals surface area contributed by atoms with E-state index in [1.165, 1.54) is 17.3 Å². The van der Waals surface area contributed by atoms with Crippen molar-refractivity contribution in [3.05, 3.63) is 58.9 Å². The third-order valence-electron chi connectivity index (χ3n) is 3.72. The topological polar surface area (TPSA) is 53.4 Å². The van der Waals surface area contributed by atoms with E-state index in [9.17, 15) is 9.90 Å². The lowest BCUT2D eigenvalue weighted by Crippen LogP contribution is -2.31. The number of rotatable bonds is 2. The molecule has 1 aromatic carbocycles. The Bertz CT molecular complexity index is 667. The first-order chi connectivity index (χ1) is 9.65. The van der Waals surface area contributed by atoms with Gasteiger partial charge in [0.25, 0.3) is 0 Å². The smallest absolute Gasteiger partial charge is 0.339 e. The van der Waals surface area contributed by atoms with Gasteiger partial charge in [0.2, 0.25) is 0 Å². The van der Waals surface area contributed by atoms with Crippen molar-refractivity contribution in [1.82, 2.24) is 4.98 Å². The number of carbonyl (C=O) groups is 1. The van der Waals surface area contributed by atoms with Gasteiger partial charge in [0.05, 0.1) is 5.69 Å². The summed E-state index contributed by atoms with van der Waals surface area (Å²) < 4.78 is 0. The molecule has 3 rings (SSSR count). The minimum Gasteiger partial charge on any atom is -0.478 e. The normalized spacial score (nSPS) is 13.9. The zero-order valence-electron chi connectivity index (χ0n) is 11.3. The van der Waals surface area contributed by atoms with Crippen LogP contribution in [0.25, 0.3) is 0 Å². The van der Waals surface area contributed by atoms with Crippen LogP contribution in [0.1, 0.15) is 27.2 Å². The van der Waals surface area contributed by atoms with E-state index >= 15 is 0 Å². The molecule has 1 N–H and O–H groups in total. The van der Waals surface area contributed by atoms with Crippen molar-refractivity contribution in [3.63, 3.8) is 0 Å². The molecule has 0 saturated heterocycles. The van der Waals surface area contributed by atoms with Crippen LogP contribution in [0.3, 0.4) is 0 Å². The highest BCUT2D eigenvalue weighted by Crippen LogP contribution is 2.27. The molecule has 1 aliphatic heterocycles. The van der Waals surface area contributed by atoms with E-state index in [0.717, 1.165) is 30.9 Å². The Morgan fingerprint density at radius 1 is 1.30 bits per heavy atom. The van der Waals surface area contributed by atoms with Crippen LogP contribution >= 0.6 is 0 Å². The zero-order chi connectivity index (χ0) is 14.1. The highest BCUT2D eigenvalue weighted by molar-refractivity contribution is 5.94. The summed E-state index contributed by atoms with van der Waals surface area (Å²) >= 11 is 0. The Balaban J connectivity index is 1.99. The molecule has 0 saturated carbocycles. The average Bonchev–Trinajstić information content (AvgIpc) is 2.46. The lowest BCUT2D eigenvalue weighted by Gasteiger charge is -2.31. The first-order valence-corrected chi connectivity index (χ1v) is 6.67. The molecule has 0 spiro atoms. The van der Waals surface area contributed by atoms with Crippen molar-refractivity contribution < 1.29 is 9.90 Å². The van der Waals surface area contributed by atoms with E-state index in [0.29, 0.717) is 0 Å². The number of hydrogen-bond acceptors (Lipinski definition) is 3. The van der Waals surface area contributed by atoms with E-state index in [2.05, 4.69) is 22.0 Å². The van der Waals surface area contributed by atoms with Crippen molar-refractivity contribution >= 4 is 11.7 Å². The molecule has 0 radical (unpaired) electrons. The van der Waals surface area contributed by atoms with Crippen molar-refractivity contribution in [2.75, 3.05) is 11.4 Å². The molecule has 1 aliphatic rings. The molecule has 2 aromatic rings. The second kappa shape index (κ2) is 4.96. The van der Waals surface area contributed by atoms with E-state index in [1.54, 1.807) is 0 Å². The molecule has 2 heterocycles. The maximum absolute atomic E-state index is 11.4. The van der Waals surface area contributed by atoms with Gasteiger partial charge in [0.1, 0.15) is 5.56 Å². The van der Waals surface area contributed by atoms with Gasteiger partial charge in [0, 0.05) is 25.0 Å². The number of hydrogen-bond donors (Lipinski definition) is 1. The maximum atomic E-state index is 11.4. The van der Waals surface area contributed by atoms with Crippen LogP contribution in [0.15, 0.2) is 36.5 Å². The number of carboxylic acid groups (broad SMARTS) is 1. The summed E-state index contributed by atoms with van der Waals surface area (Å²) in [6, 6.07) is 10.2. The van der Waals surface area contributed by atoms with Gasteiger partial charge in [0.15, 0.2) is 0 Å². The van der Waals surface area contributed by atoms with E-state index in [4.69, 9.17) is 0 Å². The van der Waals surface area contributed by atoms with Gasteiger partial charge in [-0.1, -0.05) is 24.3 Å². The number of aryl methyl sites for hydroxylation is 1. The Hall–Kier alpha value is -2.36. The number of aromatic nitrogens is 1. The maximum Gasteiger partial charge on any atom is 0.339 e. The van der Waals surface area contributed by atoms with Gasteiger partial charge >= 0.3 is 5.97 Å². The average molecular weight is 268 g/mol. The Morgan fingerprint density at radius 3 is 2.80 bits per heavy atom. The number of anilines is 1. The molecule has 102 valence electrons. The lowest BCUT2D eigenvalue weighted by molar-refractivity contribution is 0.0697. The van der Waals surface area contributed by atoms with Crippen LogP contribution in [0.5, 0.6) is 0 Å². The van der Waals surface area contributed by atoms with Crippen LogP contribution in [0, 0.1) is 6.92 Å². The number of benzene rings is 1. The molecule has 0 atom stereocenters. The minimum atomic E-state index is -0.925. The van der Waals surface area contributed by atoms with Gasteiger partial charge in [-0.05, 0) is 30.5 Å². The molecule has 0 amide bonds. The third-order valence-corrected chi connectivity index (χ3v) is 3.72. The molecular weight excluding hydrogens is 252 g/mol. The van der Waals surface area contributed by atoms with Crippen LogP contribution in [0.2, 0.25) is 0 Å². The fourth-order valence-corrected chi connectivity index (χ4v) is 2.67. The van der Waals surface area contributed by atoms with Gasteiger partial charge in [-0.15, -0.1) is 0 Å². The number of nitrogens with zero attached hydrogens (tertiary/aromatic N) is 2. The highest BCUT2D eigenvalue weighted by atomic mass is 16.4. The van der Waals surface area contributed by atoms with Crippen LogP contribution in [0.4, 0.5) is 5.69 Å². The molecular formula is C16H16N2O2. The summed E-state index contributed by atoms with van der Waals surface area (Å²) in [4.78, 5) is 17.6. The quantitative estimate of drug-likeness (QED) is 0.909. The number of fused-ring (bicyclic) bond motifs is 1. The number of pyridine rings is 1. The second-order valence-corrected chi connectivity index (χ2v) is 5.09. The first-order valence-electron chi connectivity index (χ1n) is 6.67. The van der Waals surface area contributed by atoms with Crippen LogP contribution in [-0.4, -0.2) is 22.6 Å². The van der Waals surface area contributed by atoms with Gasteiger partial charge in [-0.25, -0.2) is 4.79 Å². The predicted octanol–water partition coefficient (Wildman–Crippen LogP) is 2.65. The lowest BCUT2D eigenvalue weighted by atomic mass is 9.99. The highest BCUT2D eigenvalue weighted by Gasteiger charge is 2.21. The van der Waals surface area contributed by atoms with E-state index in [-0.39, 0.29) is 5.56 Å². The molecule has 4 nitrogen and oxygen atoms in total. The van der Waals surface area contributed by atoms with Gasteiger partial charge < -0.3 is 10.0 Å². The Morgan fingerprint density at radius 2 is 2.05 bits per heavy atom. The van der Waals surface area contributed by atoms with Crippen molar-refractivity contribution in [1.29, 1.82) is 0 Å². The number of aromatic carboxylic acids is 1. The van der Waals surface area contributed by atoms with Crippen LogP contribution < -0.4 is 4.90 Å². The Kier molecular flexibility index (Phi) is 3.14. The van der Waals surface area contributed by atoms with Gasteiger partial charge in [-0.3, -0.25) is 4.98 Å². The molecule has 0 fully saturated rings. The van der Waals surface area contributed by atoms with Crippen LogP contribution in [-0.2, 0) is 13.0 Å². The standard InChI is InChI=1S/C16H16N2O2/c1-11-8-15(14(9-17-11)16(19)20)18-7-6-12-4-2-3-5-13(12)10-18/h2-5,8-9H,6-7,10H2,1H3,(H,19,20). The fourth-order valence-electron chi connectivity index (χ4n) is 2.67. The predicted molar refractivity (Wildman–Crippen MR) is 77.1 cm³/mol. The molecule has 0 unspecified atom stereocenters. The largest absolute Gasteiger partial charge is 0.478 e. The van der Waals surface area contributed by atoms with Crippen molar-refractivity contribution in [2.24, 2.45) is 0 Å². The summed E-state index contributed by atoms with van der Waals surface area (Å²) in [5, 5.41) is 9.32. The van der Waals surface area contributed by atoms with Crippen molar-refractivity contribution in [2.45, 2.75) is 19.9 Å². The van der Waals surface area contributed by atoms with E-state index < -0.39 is 5.97 Å². The number of carboxylic acids is 1. The minimum absolute atomic E-state index is 0.273. The Labute approximate surface area is 117 Å². The molecule has 0 bridgehead atoms. The van der Waals surface area contributed by atoms with E-state index in [1.807, 2.05) is 25.1 Å². The third kappa shape index (κ3) is 2.25. The molecule has 0 aliphatic carbocycles. The summed E-state index contributed by atoms with van der Waals surface area (Å²) in [5.74, 6) is -0.925. The summed E-state index contributed by atoms with van der Waals surface area (Å²) in [7, 11) is 0. The fraction of sp³-hybridized carbons (Fsp3) is 0.250. The first kappa shape index (κ1) is 12.7. The second-order valence-electron chi connectivity index (χ2n) is 5.09. The summed E-state index contributed by atoms with van der Waals surface area (Å²) in [6.45, 7) is 3.47. The van der Waals surface area contributed by atoms with Crippen molar-refractivity contribution in [3.8, 4) is 0 Å². The van der Waals surface area contributed by atoms with Gasteiger partial charge in [-0.2, -0.15) is 0 Å². The zero-order valence-corrected chi connectivity index (χ0v) is 11.3. The SMILES string of the molecule is Cc1cc(N2CCc3ccccc3C2)c(C(=O)O)cn1. The monoisotopic (exact) mass is 268 g/mol. The molecule has 1 aromatic heterocycles. The molecule has 4 heteroatoms. The molecule has 20 heavy (non-hydrogen) atoms. The summed E-state index contributed by atoms with van der Waals surface area (Å²) in [5.41, 5.74) is 4.49. The summed E-state index contributed by atoms with van der Waals surface area (Å²) in [6.07, 6.45) is 2.39.